The molecule has 1 rings (SSSR count). The van der Waals surface area contributed by atoms with E-state index in [0.29, 0.717) is 6.04 Å². The molecule has 0 amide bonds. The van der Waals surface area contributed by atoms with E-state index in [1.165, 1.54) is 30.1 Å². The van der Waals surface area contributed by atoms with Crippen molar-refractivity contribution < 1.29 is 0 Å². The Morgan fingerprint density at radius 3 is 2.48 bits per heavy atom. The van der Waals surface area contributed by atoms with Crippen LogP contribution in [0, 0.1) is 0 Å². The minimum atomic E-state index is 0.157. The summed E-state index contributed by atoms with van der Waals surface area (Å²) in [4.78, 5) is 7.23. The largest absolute Gasteiger partial charge is 0.308 e. The minimum absolute atomic E-state index is 0.157. The summed E-state index contributed by atoms with van der Waals surface area (Å²) in [5.41, 5.74) is 1.36. The van der Waals surface area contributed by atoms with Gasteiger partial charge in [-0.25, -0.2) is 4.98 Å². The second-order valence-electron chi connectivity index (χ2n) is 6.83. The Hall–Kier alpha value is -0.450. The zero-order valence-electron chi connectivity index (χ0n) is 14.7. The molecule has 0 spiro atoms. The second kappa shape index (κ2) is 8.86. The van der Waals surface area contributed by atoms with Crippen LogP contribution in [0.5, 0.6) is 0 Å². The SMILES string of the molecule is CCN(CC)CCCC(C)NCc1nc(C(C)(C)C)cs1. The number of hydrogen-bond donors (Lipinski definition) is 1. The summed E-state index contributed by atoms with van der Waals surface area (Å²) in [5.74, 6) is 0. The summed E-state index contributed by atoms with van der Waals surface area (Å²) < 4.78 is 0. The van der Waals surface area contributed by atoms with Gasteiger partial charge >= 0.3 is 0 Å². The van der Waals surface area contributed by atoms with Crippen LogP contribution in [0.3, 0.4) is 0 Å². The summed E-state index contributed by atoms with van der Waals surface area (Å²) in [7, 11) is 0. The van der Waals surface area contributed by atoms with Crippen LogP contribution in [0.2, 0.25) is 0 Å². The average molecular weight is 312 g/mol. The Kier molecular flexibility index (Phi) is 7.85. The quantitative estimate of drug-likeness (QED) is 0.746. The van der Waals surface area contributed by atoms with Crippen LogP contribution < -0.4 is 5.32 Å². The van der Waals surface area contributed by atoms with Crippen molar-refractivity contribution in [2.45, 2.75) is 72.4 Å². The Labute approximate surface area is 135 Å². The Bertz CT molecular complexity index is 391. The third-order valence-corrected chi connectivity index (χ3v) is 4.78. The number of nitrogens with one attached hydrogen (secondary N) is 1. The predicted octanol–water partition coefficient (Wildman–Crippen LogP) is 4.04. The summed E-state index contributed by atoms with van der Waals surface area (Å²) in [6.07, 6.45) is 2.50. The van der Waals surface area contributed by atoms with Gasteiger partial charge in [0.2, 0.25) is 0 Å². The molecule has 1 N–H and O–H groups in total. The molecule has 1 aromatic heterocycles. The molecule has 0 aromatic carbocycles. The fourth-order valence-electron chi connectivity index (χ4n) is 2.26. The summed E-state index contributed by atoms with van der Waals surface area (Å²) in [5, 5.41) is 7.00. The molecule has 21 heavy (non-hydrogen) atoms. The Balaban J connectivity index is 2.27. The van der Waals surface area contributed by atoms with E-state index in [1.807, 2.05) is 0 Å². The highest BCUT2D eigenvalue weighted by atomic mass is 32.1. The number of nitrogens with zero attached hydrogens (tertiary/aromatic N) is 2. The van der Waals surface area contributed by atoms with Crippen molar-refractivity contribution in [2.24, 2.45) is 0 Å². The number of aromatic nitrogens is 1. The van der Waals surface area contributed by atoms with Crippen molar-refractivity contribution in [3.63, 3.8) is 0 Å². The first-order valence-corrected chi connectivity index (χ1v) is 9.15. The lowest BCUT2D eigenvalue weighted by Crippen LogP contribution is -2.28. The van der Waals surface area contributed by atoms with E-state index in [4.69, 9.17) is 4.98 Å². The first kappa shape index (κ1) is 18.6. The molecule has 0 aliphatic heterocycles. The number of rotatable bonds is 9. The molecule has 0 fully saturated rings. The van der Waals surface area contributed by atoms with Gasteiger partial charge in [-0.3, -0.25) is 0 Å². The van der Waals surface area contributed by atoms with Gasteiger partial charge in [0.1, 0.15) is 5.01 Å². The van der Waals surface area contributed by atoms with Crippen LogP contribution in [0.25, 0.3) is 0 Å². The van der Waals surface area contributed by atoms with E-state index in [2.05, 4.69) is 57.1 Å². The number of thiazole rings is 1. The van der Waals surface area contributed by atoms with Crippen molar-refractivity contribution >= 4 is 11.3 Å². The van der Waals surface area contributed by atoms with E-state index >= 15 is 0 Å². The molecular weight excluding hydrogens is 278 g/mol. The summed E-state index contributed by atoms with van der Waals surface area (Å²) in [6, 6.07) is 0.558. The highest BCUT2D eigenvalue weighted by Crippen LogP contribution is 2.23. The standard InChI is InChI=1S/C17H33N3S/c1-7-20(8-2)11-9-10-14(3)18-12-16-19-15(13-21-16)17(4,5)6/h13-14,18H,7-12H2,1-6H3. The van der Waals surface area contributed by atoms with Crippen molar-refractivity contribution in [1.29, 1.82) is 0 Å². The highest BCUT2D eigenvalue weighted by molar-refractivity contribution is 7.09. The zero-order valence-corrected chi connectivity index (χ0v) is 15.5. The van der Waals surface area contributed by atoms with E-state index < -0.39 is 0 Å². The van der Waals surface area contributed by atoms with Crippen LogP contribution in [0.4, 0.5) is 0 Å². The van der Waals surface area contributed by atoms with Gasteiger partial charge in [0.05, 0.1) is 5.69 Å². The fraction of sp³-hybridized carbons (Fsp3) is 0.824. The maximum absolute atomic E-state index is 4.74. The first-order chi connectivity index (χ1) is 9.86. The highest BCUT2D eigenvalue weighted by Gasteiger charge is 2.17. The number of hydrogen-bond acceptors (Lipinski definition) is 4. The van der Waals surface area contributed by atoms with Gasteiger partial charge in [-0.1, -0.05) is 34.6 Å². The Morgan fingerprint density at radius 1 is 1.29 bits per heavy atom. The van der Waals surface area contributed by atoms with Crippen LogP contribution >= 0.6 is 11.3 Å². The smallest absolute Gasteiger partial charge is 0.107 e. The van der Waals surface area contributed by atoms with Gasteiger partial charge in [0.25, 0.3) is 0 Å². The molecule has 4 heteroatoms. The molecule has 3 nitrogen and oxygen atoms in total. The maximum Gasteiger partial charge on any atom is 0.107 e. The zero-order chi connectivity index (χ0) is 15.9. The van der Waals surface area contributed by atoms with Crippen LogP contribution in [-0.4, -0.2) is 35.6 Å². The molecule has 0 saturated heterocycles. The average Bonchev–Trinajstić information content (AvgIpc) is 2.90. The molecule has 1 aromatic rings. The van der Waals surface area contributed by atoms with E-state index in [1.54, 1.807) is 11.3 Å². The van der Waals surface area contributed by atoms with Crippen molar-refractivity contribution in [1.82, 2.24) is 15.2 Å². The molecule has 1 unspecified atom stereocenters. The summed E-state index contributed by atoms with van der Waals surface area (Å²) in [6.45, 7) is 17.8. The molecule has 1 atom stereocenters. The van der Waals surface area contributed by atoms with Gasteiger partial charge < -0.3 is 10.2 Å². The van der Waals surface area contributed by atoms with Crippen molar-refractivity contribution in [3.05, 3.63) is 16.1 Å². The second-order valence-corrected chi connectivity index (χ2v) is 7.77. The molecule has 0 radical (unpaired) electrons. The van der Waals surface area contributed by atoms with Crippen LogP contribution in [0.1, 0.15) is 65.1 Å². The molecule has 122 valence electrons. The summed E-state index contributed by atoms with van der Waals surface area (Å²) >= 11 is 1.77. The van der Waals surface area contributed by atoms with Crippen LogP contribution in [-0.2, 0) is 12.0 Å². The third-order valence-electron chi connectivity index (χ3n) is 3.93. The maximum atomic E-state index is 4.74. The van der Waals surface area contributed by atoms with Crippen molar-refractivity contribution in [3.8, 4) is 0 Å². The monoisotopic (exact) mass is 311 g/mol. The fourth-order valence-corrected chi connectivity index (χ4v) is 3.23. The van der Waals surface area contributed by atoms with E-state index in [-0.39, 0.29) is 5.41 Å². The molecule has 0 aliphatic carbocycles. The van der Waals surface area contributed by atoms with Gasteiger partial charge in [-0.15, -0.1) is 11.3 Å². The lowest BCUT2D eigenvalue weighted by atomic mass is 9.93. The van der Waals surface area contributed by atoms with Crippen LogP contribution in [0.15, 0.2) is 5.38 Å². The molecule has 1 heterocycles. The molecule has 0 bridgehead atoms. The lowest BCUT2D eigenvalue weighted by Gasteiger charge is -2.19. The molecule has 0 saturated carbocycles. The van der Waals surface area contributed by atoms with Gasteiger partial charge in [-0.05, 0) is 39.4 Å². The molecule has 0 aliphatic rings. The third kappa shape index (κ3) is 6.90. The molecular formula is C17H33N3S. The normalized spacial score (nSPS) is 13.9. The van der Waals surface area contributed by atoms with E-state index in [0.717, 1.165) is 19.6 Å². The lowest BCUT2D eigenvalue weighted by molar-refractivity contribution is 0.290. The Morgan fingerprint density at radius 2 is 1.95 bits per heavy atom. The van der Waals surface area contributed by atoms with Gasteiger partial charge in [0.15, 0.2) is 0 Å². The van der Waals surface area contributed by atoms with Crippen molar-refractivity contribution in [2.75, 3.05) is 19.6 Å². The first-order valence-electron chi connectivity index (χ1n) is 8.27. The van der Waals surface area contributed by atoms with Gasteiger partial charge in [-0.2, -0.15) is 0 Å². The predicted molar refractivity (Wildman–Crippen MR) is 94.1 cm³/mol. The minimum Gasteiger partial charge on any atom is -0.308 e. The topological polar surface area (TPSA) is 28.2 Å². The van der Waals surface area contributed by atoms with Gasteiger partial charge in [0, 0.05) is 23.4 Å². The van der Waals surface area contributed by atoms with E-state index in [9.17, 15) is 0 Å².